The summed E-state index contributed by atoms with van der Waals surface area (Å²) in [5.74, 6) is 0.401. The van der Waals surface area contributed by atoms with Crippen molar-refractivity contribution in [3.63, 3.8) is 0 Å². The fourth-order valence-corrected chi connectivity index (χ4v) is 3.63. The van der Waals surface area contributed by atoms with Gasteiger partial charge in [-0.1, -0.05) is 48.5 Å². The SMILES string of the molecule is O=[N+]([O-])c1ccc(O[C@@H](CNS(=O)(=O)c2ccccc2)c2ccccc2)cc1. The van der Waals surface area contributed by atoms with Crippen LogP contribution in [0.25, 0.3) is 0 Å². The molecule has 0 aliphatic heterocycles. The molecular weight excluding hydrogens is 380 g/mol. The number of rotatable bonds is 8. The highest BCUT2D eigenvalue weighted by Gasteiger charge is 2.19. The van der Waals surface area contributed by atoms with Crippen molar-refractivity contribution in [3.05, 3.63) is 101 Å². The molecule has 3 aromatic rings. The zero-order valence-corrected chi connectivity index (χ0v) is 15.6. The van der Waals surface area contributed by atoms with Gasteiger partial charge in [0.25, 0.3) is 5.69 Å². The van der Waals surface area contributed by atoms with Crippen LogP contribution in [0.1, 0.15) is 11.7 Å². The maximum absolute atomic E-state index is 12.5. The van der Waals surface area contributed by atoms with Gasteiger partial charge in [-0.15, -0.1) is 0 Å². The molecule has 3 aromatic carbocycles. The highest BCUT2D eigenvalue weighted by Crippen LogP contribution is 2.24. The van der Waals surface area contributed by atoms with E-state index in [2.05, 4.69) is 4.72 Å². The van der Waals surface area contributed by atoms with Gasteiger partial charge in [-0.2, -0.15) is 0 Å². The van der Waals surface area contributed by atoms with Gasteiger partial charge in [0.2, 0.25) is 10.0 Å². The zero-order valence-electron chi connectivity index (χ0n) is 14.8. The summed E-state index contributed by atoms with van der Waals surface area (Å²) in [4.78, 5) is 10.5. The standard InChI is InChI=1S/C20H18N2O5S/c23-22(24)17-11-13-18(14-12-17)27-20(16-7-3-1-4-8-16)15-21-28(25,26)19-9-5-2-6-10-19/h1-14,20-21H,15H2/t20-/m0/s1. The summed E-state index contributed by atoms with van der Waals surface area (Å²) < 4.78 is 33.5. The van der Waals surface area contributed by atoms with E-state index in [1.54, 1.807) is 18.2 Å². The van der Waals surface area contributed by atoms with Crippen molar-refractivity contribution in [2.75, 3.05) is 6.54 Å². The first-order chi connectivity index (χ1) is 13.5. The Kier molecular flexibility index (Phi) is 6.03. The largest absolute Gasteiger partial charge is 0.484 e. The summed E-state index contributed by atoms with van der Waals surface area (Å²) in [5, 5.41) is 10.8. The molecule has 144 valence electrons. The van der Waals surface area contributed by atoms with Gasteiger partial charge in [-0.25, -0.2) is 13.1 Å². The minimum atomic E-state index is -3.69. The van der Waals surface area contributed by atoms with E-state index >= 15 is 0 Å². The molecule has 8 heteroatoms. The molecule has 1 atom stereocenters. The Balaban J connectivity index is 1.79. The van der Waals surface area contributed by atoms with Gasteiger partial charge in [0.05, 0.1) is 16.4 Å². The Bertz CT molecular complexity index is 1020. The number of sulfonamides is 1. The van der Waals surface area contributed by atoms with Gasteiger partial charge in [-0.3, -0.25) is 10.1 Å². The number of non-ortho nitro benzene ring substituents is 1. The zero-order chi connectivity index (χ0) is 20.0. The average Bonchev–Trinajstić information content (AvgIpc) is 2.73. The van der Waals surface area contributed by atoms with Crippen molar-refractivity contribution in [3.8, 4) is 5.75 Å². The molecule has 7 nitrogen and oxygen atoms in total. The molecule has 0 amide bonds. The van der Waals surface area contributed by atoms with Crippen molar-refractivity contribution in [1.82, 2.24) is 4.72 Å². The van der Waals surface area contributed by atoms with E-state index in [1.165, 1.54) is 36.4 Å². The van der Waals surface area contributed by atoms with Gasteiger partial charge < -0.3 is 4.74 Å². The quantitative estimate of drug-likeness (QED) is 0.461. The van der Waals surface area contributed by atoms with Crippen LogP contribution in [-0.4, -0.2) is 19.9 Å². The maximum Gasteiger partial charge on any atom is 0.269 e. The minimum absolute atomic E-state index is 0.00176. The van der Waals surface area contributed by atoms with E-state index in [1.807, 2.05) is 30.3 Å². The number of nitro groups is 1. The smallest absolute Gasteiger partial charge is 0.269 e. The molecule has 0 radical (unpaired) electrons. The third kappa shape index (κ3) is 4.93. The van der Waals surface area contributed by atoms with E-state index in [-0.39, 0.29) is 17.1 Å². The predicted octanol–water partition coefficient (Wildman–Crippen LogP) is 3.69. The molecule has 28 heavy (non-hydrogen) atoms. The Hall–Kier alpha value is -3.23. The van der Waals surface area contributed by atoms with E-state index in [9.17, 15) is 18.5 Å². The summed E-state index contributed by atoms with van der Waals surface area (Å²) in [6, 6.07) is 22.9. The molecule has 0 aliphatic rings. The molecule has 0 spiro atoms. The number of hydrogen-bond donors (Lipinski definition) is 1. The van der Waals surface area contributed by atoms with Crippen molar-refractivity contribution in [2.24, 2.45) is 0 Å². The van der Waals surface area contributed by atoms with Crippen LogP contribution in [0.4, 0.5) is 5.69 Å². The number of ether oxygens (including phenoxy) is 1. The van der Waals surface area contributed by atoms with Crippen molar-refractivity contribution in [1.29, 1.82) is 0 Å². The predicted molar refractivity (Wildman–Crippen MR) is 105 cm³/mol. The molecule has 0 fully saturated rings. The monoisotopic (exact) mass is 398 g/mol. The third-order valence-electron chi connectivity index (χ3n) is 4.01. The first-order valence-corrected chi connectivity index (χ1v) is 9.95. The summed E-state index contributed by atoms with van der Waals surface area (Å²) >= 11 is 0. The van der Waals surface area contributed by atoms with Crippen LogP contribution < -0.4 is 9.46 Å². The second-order valence-electron chi connectivity index (χ2n) is 5.93. The Morgan fingerprint density at radius 1 is 0.893 bits per heavy atom. The normalized spacial score (nSPS) is 12.3. The maximum atomic E-state index is 12.5. The average molecular weight is 398 g/mol. The van der Waals surface area contributed by atoms with Crippen molar-refractivity contribution in [2.45, 2.75) is 11.0 Å². The first kappa shape index (κ1) is 19.5. The molecule has 3 rings (SSSR count). The van der Waals surface area contributed by atoms with Crippen molar-refractivity contribution >= 4 is 15.7 Å². The molecule has 0 aromatic heterocycles. The molecule has 0 heterocycles. The topological polar surface area (TPSA) is 98.5 Å². The fraction of sp³-hybridized carbons (Fsp3) is 0.100. The van der Waals surface area contributed by atoms with E-state index in [0.717, 1.165) is 5.56 Å². The van der Waals surface area contributed by atoms with Crippen LogP contribution in [0, 0.1) is 10.1 Å². The van der Waals surface area contributed by atoms with Crippen LogP contribution >= 0.6 is 0 Å². The van der Waals surface area contributed by atoms with E-state index in [0.29, 0.717) is 5.75 Å². The second-order valence-corrected chi connectivity index (χ2v) is 7.70. The Morgan fingerprint density at radius 3 is 2.04 bits per heavy atom. The molecule has 0 saturated heterocycles. The first-order valence-electron chi connectivity index (χ1n) is 8.46. The lowest BCUT2D eigenvalue weighted by molar-refractivity contribution is -0.384. The number of hydrogen-bond acceptors (Lipinski definition) is 5. The van der Waals surface area contributed by atoms with Crippen LogP contribution in [0.3, 0.4) is 0 Å². The summed E-state index contributed by atoms with van der Waals surface area (Å²) in [5.41, 5.74) is 0.727. The molecule has 0 aliphatic carbocycles. The second kappa shape index (κ2) is 8.64. The fourth-order valence-electron chi connectivity index (χ4n) is 2.57. The number of nitrogens with one attached hydrogen (secondary N) is 1. The minimum Gasteiger partial charge on any atom is -0.484 e. The van der Waals surface area contributed by atoms with Crippen LogP contribution in [0.15, 0.2) is 89.8 Å². The molecule has 1 N–H and O–H groups in total. The Labute approximate surface area is 162 Å². The van der Waals surface area contributed by atoms with Crippen molar-refractivity contribution < 1.29 is 18.1 Å². The number of nitrogens with zero attached hydrogens (tertiary/aromatic N) is 1. The molecular formula is C20H18N2O5S. The Morgan fingerprint density at radius 2 is 1.46 bits per heavy atom. The van der Waals surface area contributed by atoms with Crippen LogP contribution in [0.5, 0.6) is 5.75 Å². The lowest BCUT2D eigenvalue weighted by Crippen LogP contribution is -2.30. The highest BCUT2D eigenvalue weighted by atomic mass is 32.2. The van der Waals surface area contributed by atoms with Gasteiger partial charge in [0.1, 0.15) is 11.9 Å². The summed E-state index contributed by atoms with van der Waals surface area (Å²) in [6.07, 6.45) is -0.610. The summed E-state index contributed by atoms with van der Waals surface area (Å²) in [6.45, 7) is -0.00176. The molecule has 0 saturated carbocycles. The van der Waals surface area contributed by atoms with Gasteiger partial charge in [0, 0.05) is 12.1 Å². The highest BCUT2D eigenvalue weighted by molar-refractivity contribution is 7.89. The van der Waals surface area contributed by atoms with E-state index in [4.69, 9.17) is 4.74 Å². The van der Waals surface area contributed by atoms with Gasteiger partial charge >= 0.3 is 0 Å². The summed E-state index contributed by atoms with van der Waals surface area (Å²) in [7, 11) is -3.69. The number of nitro benzene ring substituents is 1. The van der Waals surface area contributed by atoms with Crippen LogP contribution in [0.2, 0.25) is 0 Å². The third-order valence-corrected chi connectivity index (χ3v) is 5.45. The number of benzene rings is 3. The molecule has 0 bridgehead atoms. The lowest BCUT2D eigenvalue weighted by Gasteiger charge is -2.20. The molecule has 0 unspecified atom stereocenters. The van der Waals surface area contributed by atoms with Gasteiger partial charge in [0.15, 0.2) is 0 Å². The van der Waals surface area contributed by atoms with Crippen LogP contribution in [-0.2, 0) is 10.0 Å². The van der Waals surface area contributed by atoms with Gasteiger partial charge in [-0.05, 0) is 29.8 Å². The van der Waals surface area contributed by atoms with E-state index < -0.39 is 21.1 Å². The lowest BCUT2D eigenvalue weighted by atomic mass is 10.1.